The van der Waals surface area contributed by atoms with Crippen molar-refractivity contribution in [1.82, 2.24) is 0 Å². The molecule has 0 unspecified atom stereocenters. The third kappa shape index (κ3) is 3.76. The summed E-state index contributed by atoms with van der Waals surface area (Å²) in [5.41, 5.74) is 4.82. The molecule has 0 bridgehead atoms. The quantitative estimate of drug-likeness (QED) is 0.802. The second-order valence-corrected chi connectivity index (χ2v) is 5.08. The number of aliphatic hydroxyl groups is 1. The van der Waals surface area contributed by atoms with Crippen molar-refractivity contribution < 1.29 is 14.6 Å². The van der Waals surface area contributed by atoms with E-state index in [2.05, 4.69) is 13.8 Å². The van der Waals surface area contributed by atoms with Crippen LogP contribution in [0.3, 0.4) is 0 Å². The third-order valence-corrected chi connectivity index (χ3v) is 3.69. The van der Waals surface area contributed by atoms with Crippen LogP contribution in [0.5, 0.6) is 5.75 Å². The molecule has 0 saturated carbocycles. The molecule has 3 heteroatoms. The van der Waals surface area contributed by atoms with Crippen LogP contribution < -0.4 is 4.74 Å². The van der Waals surface area contributed by atoms with E-state index in [9.17, 15) is 5.11 Å². The van der Waals surface area contributed by atoms with Crippen LogP contribution in [0, 0.1) is 0 Å². The highest BCUT2D eigenvalue weighted by molar-refractivity contribution is 5.83. The average molecular weight is 286 g/mol. The van der Waals surface area contributed by atoms with Gasteiger partial charge in [0.1, 0.15) is 11.5 Å². The van der Waals surface area contributed by atoms with Crippen molar-refractivity contribution in [3.63, 3.8) is 0 Å². The summed E-state index contributed by atoms with van der Waals surface area (Å²) in [6.45, 7) is 4.54. The fourth-order valence-electron chi connectivity index (χ4n) is 2.34. The zero-order valence-corrected chi connectivity index (χ0v) is 12.8. The van der Waals surface area contributed by atoms with Crippen molar-refractivity contribution in [2.75, 3.05) is 13.9 Å². The van der Waals surface area contributed by atoms with Gasteiger partial charge < -0.3 is 14.6 Å². The molecule has 1 aromatic rings. The molecule has 0 amide bonds. The first-order chi connectivity index (χ1) is 10.2. The lowest BCUT2D eigenvalue weighted by Gasteiger charge is -2.18. The Morgan fingerprint density at radius 2 is 1.95 bits per heavy atom. The van der Waals surface area contributed by atoms with Crippen molar-refractivity contribution in [3.05, 3.63) is 58.9 Å². The number of hydrogen-bond acceptors (Lipinski definition) is 3. The van der Waals surface area contributed by atoms with Crippen LogP contribution in [0.4, 0.5) is 0 Å². The summed E-state index contributed by atoms with van der Waals surface area (Å²) in [5.74, 6) is 1.10. The normalized spacial score (nSPS) is 17.1. The highest BCUT2D eigenvalue weighted by atomic mass is 16.7. The highest BCUT2D eigenvalue weighted by Gasteiger charge is 2.14. The Morgan fingerprint density at radius 1 is 1.24 bits per heavy atom. The summed E-state index contributed by atoms with van der Waals surface area (Å²) < 4.78 is 10.3. The third-order valence-electron chi connectivity index (χ3n) is 3.69. The van der Waals surface area contributed by atoms with Crippen LogP contribution in [0.25, 0.3) is 5.57 Å². The van der Waals surface area contributed by atoms with E-state index in [1.165, 1.54) is 11.1 Å². The largest absolute Gasteiger partial charge is 0.508 e. The number of ether oxygens (including phenoxy) is 2. The molecule has 1 aromatic carbocycles. The van der Waals surface area contributed by atoms with Gasteiger partial charge in [0.15, 0.2) is 6.79 Å². The molecule has 1 N–H and O–H groups in total. The van der Waals surface area contributed by atoms with E-state index >= 15 is 0 Å². The van der Waals surface area contributed by atoms with Crippen LogP contribution in [0.1, 0.15) is 32.3 Å². The fraction of sp³-hybridized carbons (Fsp3) is 0.333. The Hall–Kier alpha value is -2.00. The molecule has 1 aliphatic carbocycles. The smallest absolute Gasteiger partial charge is 0.188 e. The van der Waals surface area contributed by atoms with Gasteiger partial charge in [0, 0.05) is 7.11 Å². The lowest BCUT2D eigenvalue weighted by Crippen LogP contribution is -2.01. The van der Waals surface area contributed by atoms with Crippen molar-refractivity contribution in [2.45, 2.75) is 26.7 Å². The van der Waals surface area contributed by atoms with Crippen molar-refractivity contribution in [2.24, 2.45) is 0 Å². The van der Waals surface area contributed by atoms with E-state index < -0.39 is 0 Å². The number of allylic oxidation sites excluding steroid dienone is 5. The molecule has 0 heterocycles. The second kappa shape index (κ2) is 7.14. The Labute approximate surface area is 126 Å². The standard InChI is InChI=1S/C18H22O3/c1-4-13(2)17-10-7-15(19)11-18(17)14-5-8-16(9-6-14)21-12-20-3/h5-9,11,19H,4,10,12H2,1-3H3. The average Bonchev–Trinajstić information content (AvgIpc) is 2.52. The molecule has 112 valence electrons. The Balaban J connectivity index is 2.31. The maximum absolute atomic E-state index is 9.80. The first-order valence-electron chi connectivity index (χ1n) is 7.17. The van der Waals surface area contributed by atoms with Gasteiger partial charge in [0.2, 0.25) is 0 Å². The second-order valence-electron chi connectivity index (χ2n) is 5.08. The molecule has 0 atom stereocenters. The van der Waals surface area contributed by atoms with Gasteiger partial charge in [-0.25, -0.2) is 0 Å². The molecule has 2 rings (SSSR count). The fourth-order valence-corrected chi connectivity index (χ4v) is 2.34. The van der Waals surface area contributed by atoms with E-state index in [1.807, 2.05) is 36.4 Å². The molecule has 0 spiro atoms. The van der Waals surface area contributed by atoms with Crippen LogP contribution >= 0.6 is 0 Å². The molecule has 0 aromatic heterocycles. The van der Waals surface area contributed by atoms with Crippen LogP contribution in [0.2, 0.25) is 0 Å². The van der Waals surface area contributed by atoms with Gasteiger partial charge in [-0.15, -0.1) is 0 Å². The van der Waals surface area contributed by atoms with E-state index in [0.717, 1.165) is 29.7 Å². The molecular weight excluding hydrogens is 264 g/mol. The minimum absolute atomic E-state index is 0.242. The van der Waals surface area contributed by atoms with Gasteiger partial charge in [-0.3, -0.25) is 0 Å². The lowest BCUT2D eigenvalue weighted by molar-refractivity contribution is 0.0511. The molecule has 1 aliphatic rings. The summed E-state index contributed by atoms with van der Waals surface area (Å²) in [7, 11) is 1.60. The maximum Gasteiger partial charge on any atom is 0.188 e. The van der Waals surface area contributed by atoms with Crippen molar-refractivity contribution in [3.8, 4) is 5.75 Å². The van der Waals surface area contributed by atoms with E-state index in [-0.39, 0.29) is 6.79 Å². The number of rotatable bonds is 5. The SMILES string of the molecule is CCC(C)=C1CC=C(O)C=C1c1ccc(OCOC)cc1. The number of hydrogen-bond donors (Lipinski definition) is 1. The van der Waals surface area contributed by atoms with Crippen molar-refractivity contribution in [1.29, 1.82) is 0 Å². The van der Waals surface area contributed by atoms with Gasteiger partial charge in [0.25, 0.3) is 0 Å². The molecule has 21 heavy (non-hydrogen) atoms. The highest BCUT2D eigenvalue weighted by Crippen LogP contribution is 2.34. The van der Waals surface area contributed by atoms with Gasteiger partial charge in [-0.1, -0.05) is 24.6 Å². The predicted molar refractivity (Wildman–Crippen MR) is 85.2 cm³/mol. The lowest BCUT2D eigenvalue weighted by atomic mass is 9.87. The van der Waals surface area contributed by atoms with Gasteiger partial charge >= 0.3 is 0 Å². The van der Waals surface area contributed by atoms with Crippen LogP contribution in [-0.4, -0.2) is 19.0 Å². The monoisotopic (exact) mass is 286 g/mol. The van der Waals surface area contributed by atoms with Gasteiger partial charge in [-0.2, -0.15) is 0 Å². The maximum atomic E-state index is 9.80. The topological polar surface area (TPSA) is 38.7 Å². The zero-order chi connectivity index (χ0) is 15.2. The molecular formula is C18H22O3. The zero-order valence-electron chi connectivity index (χ0n) is 12.8. The molecule has 3 nitrogen and oxygen atoms in total. The Morgan fingerprint density at radius 3 is 2.57 bits per heavy atom. The number of methoxy groups -OCH3 is 1. The molecule has 0 aliphatic heterocycles. The van der Waals surface area contributed by atoms with Gasteiger partial charge in [0.05, 0.1) is 0 Å². The first-order valence-corrected chi connectivity index (χ1v) is 7.17. The summed E-state index contributed by atoms with van der Waals surface area (Å²) in [6.07, 6.45) is 5.48. The first kappa shape index (κ1) is 15.4. The summed E-state index contributed by atoms with van der Waals surface area (Å²) in [5, 5.41) is 9.80. The summed E-state index contributed by atoms with van der Waals surface area (Å²) in [4.78, 5) is 0. The van der Waals surface area contributed by atoms with Crippen LogP contribution in [0.15, 0.2) is 53.3 Å². The van der Waals surface area contributed by atoms with E-state index in [1.54, 1.807) is 7.11 Å². The van der Waals surface area contributed by atoms with E-state index in [0.29, 0.717) is 5.76 Å². The molecule has 0 fully saturated rings. The summed E-state index contributed by atoms with van der Waals surface area (Å²) in [6, 6.07) is 7.86. The number of aliphatic hydroxyl groups excluding tert-OH is 1. The van der Waals surface area contributed by atoms with Gasteiger partial charge in [-0.05, 0) is 60.8 Å². The molecule has 0 radical (unpaired) electrons. The predicted octanol–water partition coefficient (Wildman–Crippen LogP) is 4.62. The number of benzene rings is 1. The van der Waals surface area contributed by atoms with E-state index in [4.69, 9.17) is 9.47 Å². The Kier molecular flexibility index (Phi) is 5.23. The van der Waals surface area contributed by atoms with Crippen LogP contribution in [-0.2, 0) is 4.74 Å². The minimum Gasteiger partial charge on any atom is -0.508 e. The Bertz CT molecular complexity index is 577. The minimum atomic E-state index is 0.242. The molecule has 0 saturated heterocycles. The van der Waals surface area contributed by atoms with Crippen molar-refractivity contribution >= 4 is 5.57 Å². The summed E-state index contributed by atoms with van der Waals surface area (Å²) >= 11 is 0.